The number of benzene rings is 1. The van der Waals surface area contributed by atoms with Crippen LogP contribution in [0.2, 0.25) is 0 Å². The molecule has 3 aromatic rings. The van der Waals surface area contributed by atoms with Crippen LogP contribution in [0.4, 0.5) is 0 Å². The van der Waals surface area contributed by atoms with E-state index >= 15 is 0 Å². The van der Waals surface area contributed by atoms with E-state index in [1.165, 1.54) is 23.1 Å². The molecule has 7 heteroatoms. The van der Waals surface area contributed by atoms with Crippen molar-refractivity contribution in [2.45, 2.75) is 17.2 Å². The molecule has 0 aliphatic carbocycles. The van der Waals surface area contributed by atoms with E-state index in [1.54, 1.807) is 11.3 Å². The SMILES string of the molecule is Cc1csc(C(C#N)C(=O)CSc2nc3ccccc3s2)n1. The minimum atomic E-state index is -0.777. The number of ketones is 1. The number of thioether (sulfide) groups is 1. The largest absolute Gasteiger partial charge is 0.297 e. The van der Waals surface area contributed by atoms with Gasteiger partial charge in [-0.3, -0.25) is 4.79 Å². The average Bonchev–Trinajstić information content (AvgIpc) is 3.12. The molecule has 0 radical (unpaired) electrons. The Morgan fingerprint density at radius 1 is 1.41 bits per heavy atom. The van der Waals surface area contributed by atoms with Crippen molar-refractivity contribution in [3.63, 3.8) is 0 Å². The molecule has 0 spiro atoms. The number of thiazole rings is 2. The predicted molar refractivity (Wildman–Crippen MR) is 90.6 cm³/mol. The molecule has 0 fully saturated rings. The summed E-state index contributed by atoms with van der Waals surface area (Å²) in [6.07, 6.45) is 0. The molecule has 110 valence electrons. The highest BCUT2D eigenvalue weighted by molar-refractivity contribution is 8.01. The first-order chi connectivity index (χ1) is 10.7. The first kappa shape index (κ1) is 15.2. The number of hydrogen-bond donors (Lipinski definition) is 0. The predicted octanol–water partition coefficient (Wildman–Crippen LogP) is 4.03. The molecule has 0 aliphatic heterocycles. The van der Waals surface area contributed by atoms with Crippen molar-refractivity contribution in [2.75, 3.05) is 5.75 Å². The van der Waals surface area contributed by atoms with Crippen LogP contribution in [0.25, 0.3) is 10.2 Å². The van der Waals surface area contributed by atoms with Gasteiger partial charge in [-0.1, -0.05) is 23.9 Å². The van der Waals surface area contributed by atoms with Crippen LogP contribution < -0.4 is 0 Å². The molecular weight excluding hydrogens is 334 g/mol. The maximum Gasteiger partial charge on any atom is 0.167 e. The lowest BCUT2D eigenvalue weighted by Gasteiger charge is -2.03. The van der Waals surface area contributed by atoms with Crippen LogP contribution in [0.3, 0.4) is 0 Å². The molecule has 2 heterocycles. The normalized spacial score (nSPS) is 12.2. The highest BCUT2D eigenvalue weighted by Crippen LogP contribution is 2.30. The van der Waals surface area contributed by atoms with E-state index in [9.17, 15) is 10.1 Å². The van der Waals surface area contributed by atoms with Gasteiger partial charge in [-0.2, -0.15) is 5.26 Å². The van der Waals surface area contributed by atoms with E-state index in [4.69, 9.17) is 0 Å². The topological polar surface area (TPSA) is 66.6 Å². The zero-order chi connectivity index (χ0) is 15.5. The van der Waals surface area contributed by atoms with Crippen molar-refractivity contribution < 1.29 is 4.79 Å². The molecule has 4 nitrogen and oxygen atoms in total. The van der Waals surface area contributed by atoms with E-state index < -0.39 is 5.92 Å². The van der Waals surface area contributed by atoms with Gasteiger partial charge in [-0.25, -0.2) is 9.97 Å². The molecule has 1 aromatic carbocycles. The van der Waals surface area contributed by atoms with Crippen molar-refractivity contribution in [1.29, 1.82) is 5.26 Å². The molecule has 1 atom stereocenters. The van der Waals surface area contributed by atoms with Crippen molar-refractivity contribution in [1.82, 2.24) is 9.97 Å². The maximum absolute atomic E-state index is 12.3. The van der Waals surface area contributed by atoms with Crippen molar-refractivity contribution in [2.24, 2.45) is 0 Å². The van der Waals surface area contributed by atoms with Crippen molar-refractivity contribution in [3.8, 4) is 6.07 Å². The van der Waals surface area contributed by atoms with Crippen LogP contribution in [0.1, 0.15) is 16.6 Å². The first-order valence-corrected chi connectivity index (χ1v) is 9.18. The van der Waals surface area contributed by atoms with Crippen LogP contribution in [0, 0.1) is 18.3 Å². The van der Waals surface area contributed by atoms with Crippen molar-refractivity contribution in [3.05, 3.63) is 40.3 Å². The number of nitrogens with zero attached hydrogens (tertiary/aromatic N) is 3. The van der Waals surface area contributed by atoms with E-state index in [0.717, 1.165) is 20.3 Å². The number of nitriles is 1. The Bertz CT molecular complexity index is 829. The Morgan fingerprint density at radius 2 is 2.23 bits per heavy atom. The van der Waals surface area contributed by atoms with Gasteiger partial charge in [0.1, 0.15) is 5.01 Å². The second-order valence-electron chi connectivity index (χ2n) is 4.59. The Balaban J connectivity index is 1.69. The zero-order valence-electron chi connectivity index (χ0n) is 11.6. The molecule has 1 unspecified atom stereocenters. The van der Waals surface area contributed by atoms with Gasteiger partial charge in [-0.05, 0) is 19.1 Å². The molecule has 0 saturated carbocycles. The minimum absolute atomic E-state index is 0.124. The van der Waals surface area contributed by atoms with E-state index in [0.29, 0.717) is 5.01 Å². The van der Waals surface area contributed by atoms with Crippen LogP contribution in [-0.4, -0.2) is 21.5 Å². The smallest absolute Gasteiger partial charge is 0.167 e. The zero-order valence-corrected chi connectivity index (χ0v) is 14.1. The molecule has 0 N–H and O–H groups in total. The van der Waals surface area contributed by atoms with Gasteiger partial charge in [-0.15, -0.1) is 22.7 Å². The summed E-state index contributed by atoms with van der Waals surface area (Å²) in [4.78, 5) is 21.0. The Labute approximate surface area is 139 Å². The average molecular weight is 345 g/mol. The molecular formula is C15H11N3OS3. The van der Waals surface area contributed by atoms with Gasteiger partial charge in [0.25, 0.3) is 0 Å². The van der Waals surface area contributed by atoms with E-state index in [1.807, 2.05) is 36.6 Å². The molecule has 22 heavy (non-hydrogen) atoms. The summed E-state index contributed by atoms with van der Waals surface area (Å²) in [6.45, 7) is 1.86. The quantitative estimate of drug-likeness (QED) is 0.653. The lowest BCUT2D eigenvalue weighted by atomic mass is 10.1. The number of carbonyl (C=O) groups is 1. The summed E-state index contributed by atoms with van der Waals surface area (Å²) in [6, 6.07) is 9.94. The Morgan fingerprint density at radius 3 is 2.91 bits per heavy atom. The molecule has 0 amide bonds. The van der Waals surface area contributed by atoms with E-state index in [2.05, 4.69) is 16.0 Å². The summed E-state index contributed by atoms with van der Waals surface area (Å²) in [5.41, 5.74) is 1.78. The Kier molecular flexibility index (Phi) is 4.52. The van der Waals surface area contributed by atoms with Crippen LogP contribution in [-0.2, 0) is 4.79 Å². The molecule has 0 aliphatic rings. The number of aryl methyl sites for hydroxylation is 1. The summed E-state index contributed by atoms with van der Waals surface area (Å²) >= 11 is 4.30. The summed E-state index contributed by atoms with van der Waals surface area (Å²) in [5, 5.41) is 11.7. The molecule has 3 rings (SSSR count). The van der Waals surface area contributed by atoms with Crippen LogP contribution >= 0.6 is 34.4 Å². The first-order valence-electron chi connectivity index (χ1n) is 6.50. The maximum atomic E-state index is 12.3. The number of rotatable bonds is 5. The monoisotopic (exact) mass is 345 g/mol. The summed E-state index contributed by atoms with van der Waals surface area (Å²) in [5.74, 6) is -0.668. The fourth-order valence-corrected chi connectivity index (χ4v) is 4.73. The van der Waals surface area contributed by atoms with Crippen molar-refractivity contribution >= 4 is 50.4 Å². The second kappa shape index (κ2) is 6.57. The van der Waals surface area contributed by atoms with Gasteiger partial charge in [0.15, 0.2) is 16.0 Å². The Hall–Kier alpha value is -1.75. The third-order valence-electron chi connectivity index (χ3n) is 2.95. The number of fused-ring (bicyclic) bond motifs is 1. The van der Waals surface area contributed by atoms with Gasteiger partial charge < -0.3 is 0 Å². The fraction of sp³-hybridized carbons (Fsp3) is 0.200. The highest BCUT2D eigenvalue weighted by atomic mass is 32.2. The van der Waals surface area contributed by atoms with E-state index in [-0.39, 0.29) is 11.5 Å². The van der Waals surface area contributed by atoms with Crippen LogP contribution in [0.15, 0.2) is 34.0 Å². The lowest BCUT2D eigenvalue weighted by Crippen LogP contribution is -2.13. The highest BCUT2D eigenvalue weighted by Gasteiger charge is 2.23. The summed E-state index contributed by atoms with van der Waals surface area (Å²) in [7, 11) is 0. The number of aromatic nitrogens is 2. The van der Waals surface area contributed by atoms with Gasteiger partial charge >= 0.3 is 0 Å². The second-order valence-corrected chi connectivity index (χ2v) is 7.73. The number of carbonyl (C=O) groups excluding carboxylic acids is 1. The molecule has 0 saturated heterocycles. The third kappa shape index (κ3) is 3.19. The number of para-hydroxylation sites is 1. The number of hydrogen-bond acceptors (Lipinski definition) is 7. The molecule has 0 bridgehead atoms. The van der Waals surface area contributed by atoms with Gasteiger partial charge in [0.05, 0.1) is 22.0 Å². The lowest BCUT2D eigenvalue weighted by molar-refractivity contribution is -0.116. The standard InChI is InChI=1S/C15H11N3OS3/c1-9-7-20-14(17-9)10(6-16)12(19)8-21-15-18-11-4-2-3-5-13(11)22-15/h2-5,7,10H,8H2,1H3. The van der Waals surface area contributed by atoms with Gasteiger partial charge in [0, 0.05) is 11.1 Å². The van der Waals surface area contributed by atoms with Crippen LogP contribution in [0.5, 0.6) is 0 Å². The number of Topliss-reactive ketones (excluding diaryl/α,β-unsaturated/α-hetero) is 1. The summed E-state index contributed by atoms with van der Waals surface area (Å²) < 4.78 is 1.95. The molecule has 2 aromatic heterocycles. The minimum Gasteiger partial charge on any atom is -0.297 e. The third-order valence-corrected chi connectivity index (χ3v) is 6.18. The van der Waals surface area contributed by atoms with Gasteiger partial charge in [0.2, 0.25) is 0 Å². The fourth-order valence-electron chi connectivity index (χ4n) is 1.90.